The summed E-state index contributed by atoms with van der Waals surface area (Å²) in [6.07, 6.45) is 6.25. The molecule has 3 atom stereocenters. The molecule has 1 aromatic carbocycles. The van der Waals surface area contributed by atoms with Gasteiger partial charge < -0.3 is 14.4 Å². The Bertz CT molecular complexity index is 613. The summed E-state index contributed by atoms with van der Waals surface area (Å²) in [5.41, 5.74) is 2.54. The number of carbonyl (C=O) groups excluding carboxylic acids is 1. The van der Waals surface area contributed by atoms with E-state index in [0.717, 1.165) is 31.8 Å². The van der Waals surface area contributed by atoms with E-state index in [1.54, 1.807) is 0 Å². The summed E-state index contributed by atoms with van der Waals surface area (Å²) in [7, 11) is 0. The third-order valence-corrected chi connectivity index (χ3v) is 5.97. The van der Waals surface area contributed by atoms with Crippen molar-refractivity contribution in [2.24, 2.45) is 5.92 Å². The predicted octanol–water partition coefficient (Wildman–Crippen LogP) is 3.11. The van der Waals surface area contributed by atoms with Crippen LogP contribution in [-0.2, 0) is 20.7 Å². The fourth-order valence-electron chi connectivity index (χ4n) is 4.23. The molecule has 0 N–H and O–H groups in total. The molecule has 4 nitrogen and oxygen atoms in total. The van der Waals surface area contributed by atoms with Gasteiger partial charge in [-0.3, -0.25) is 4.79 Å². The van der Waals surface area contributed by atoms with Crippen LogP contribution in [0.3, 0.4) is 0 Å². The molecular weight excluding hydrogens is 314 g/mol. The first-order chi connectivity index (χ1) is 12.2. The molecule has 4 rings (SSSR count). The molecule has 1 aromatic rings. The van der Waals surface area contributed by atoms with Gasteiger partial charge in [0.1, 0.15) is 6.10 Å². The van der Waals surface area contributed by atoms with Gasteiger partial charge in [0.15, 0.2) is 0 Å². The fraction of sp³-hybridized carbons (Fsp3) is 0.667. The molecule has 136 valence electrons. The summed E-state index contributed by atoms with van der Waals surface area (Å²) in [4.78, 5) is 15.0. The fourth-order valence-corrected chi connectivity index (χ4v) is 4.23. The number of hydrogen-bond donors (Lipinski definition) is 0. The number of carbonyl (C=O) groups is 1. The number of amides is 1. The van der Waals surface area contributed by atoms with Crippen molar-refractivity contribution in [3.05, 3.63) is 35.4 Å². The number of rotatable bonds is 6. The highest BCUT2D eigenvalue weighted by Crippen LogP contribution is 2.35. The Morgan fingerprint density at radius 2 is 2.08 bits per heavy atom. The maximum absolute atomic E-state index is 12.9. The maximum atomic E-state index is 12.9. The van der Waals surface area contributed by atoms with Crippen LogP contribution in [0, 0.1) is 12.8 Å². The molecule has 0 spiro atoms. The van der Waals surface area contributed by atoms with E-state index in [4.69, 9.17) is 9.47 Å². The molecule has 0 unspecified atom stereocenters. The molecule has 3 fully saturated rings. The quantitative estimate of drug-likeness (QED) is 0.797. The highest BCUT2D eigenvalue weighted by atomic mass is 16.5. The number of nitrogens with zero attached hydrogens (tertiary/aromatic N) is 1. The first-order valence-electron chi connectivity index (χ1n) is 9.79. The van der Waals surface area contributed by atoms with E-state index in [0.29, 0.717) is 19.6 Å². The van der Waals surface area contributed by atoms with E-state index in [1.165, 1.54) is 24.0 Å². The summed E-state index contributed by atoms with van der Waals surface area (Å²) in [6, 6.07) is 8.54. The molecule has 0 aromatic heterocycles. The summed E-state index contributed by atoms with van der Waals surface area (Å²) in [5, 5.41) is 0. The minimum absolute atomic E-state index is 0.0745. The van der Waals surface area contributed by atoms with Crippen LogP contribution in [-0.4, -0.2) is 48.8 Å². The number of ether oxygens (including phenoxy) is 2. The van der Waals surface area contributed by atoms with E-state index < -0.39 is 0 Å². The molecule has 2 bridgehead atoms. The molecule has 1 saturated heterocycles. The van der Waals surface area contributed by atoms with Crippen LogP contribution in [0.25, 0.3) is 0 Å². The Labute approximate surface area is 150 Å². The van der Waals surface area contributed by atoms with Crippen molar-refractivity contribution in [3.63, 3.8) is 0 Å². The number of aryl methyl sites for hydroxylation is 2. The normalized spacial score (nSPS) is 28.8. The van der Waals surface area contributed by atoms with Gasteiger partial charge in [0, 0.05) is 19.6 Å². The van der Waals surface area contributed by atoms with E-state index in [2.05, 4.69) is 30.0 Å². The minimum Gasteiger partial charge on any atom is -0.374 e. The van der Waals surface area contributed by atoms with E-state index >= 15 is 0 Å². The molecule has 4 heteroatoms. The van der Waals surface area contributed by atoms with Crippen molar-refractivity contribution in [3.8, 4) is 0 Å². The van der Waals surface area contributed by atoms with Crippen LogP contribution in [0.15, 0.2) is 24.3 Å². The number of benzene rings is 1. The van der Waals surface area contributed by atoms with Crippen molar-refractivity contribution < 1.29 is 14.3 Å². The zero-order chi connectivity index (χ0) is 17.2. The van der Waals surface area contributed by atoms with Gasteiger partial charge in [0.2, 0.25) is 5.91 Å². The van der Waals surface area contributed by atoms with E-state index in [1.807, 2.05) is 6.07 Å². The Morgan fingerprint density at radius 3 is 2.88 bits per heavy atom. The number of hydrogen-bond acceptors (Lipinski definition) is 3. The summed E-state index contributed by atoms with van der Waals surface area (Å²) in [5.74, 6) is 0.993. The Morgan fingerprint density at radius 1 is 1.24 bits per heavy atom. The van der Waals surface area contributed by atoms with E-state index in [-0.39, 0.29) is 24.2 Å². The van der Waals surface area contributed by atoms with Crippen molar-refractivity contribution in [1.29, 1.82) is 0 Å². The smallest absolute Gasteiger partial charge is 0.223 e. The van der Waals surface area contributed by atoms with Crippen molar-refractivity contribution in [2.75, 3.05) is 19.8 Å². The van der Waals surface area contributed by atoms with Crippen LogP contribution in [0.4, 0.5) is 0 Å². The van der Waals surface area contributed by atoms with E-state index in [9.17, 15) is 4.79 Å². The summed E-state index contributed by atoms with van der Waals surface area (Å²) in [6.45, 7) is 4.30. The van der Waals surface area contributed by atoms with Crippen LogP contribution in [0.2, 0.25) is 0 Å². The SMILES string of the molecule is Cc1ccccc1CCC(=O)N1CCO[C@H]2CC[C@H]1[C@H]2OCC1CC1. The van der Waals surface area contributed by atoms with Crippen molar-refractivity contribution in [1.82, 2.24) is 4.90 Å². The lowest BCUT2D eigenvalue weighted by molar-refractivity contribution is -0.136. The average Bonchev–Trinajstić information content (AvgIpc) is 3.36. The molecule has 3 aliphatic rings. The highest BCUT2D eigenvalue weighted by Gasteiger charge is 2.45. The van der Waals surface area contributed by atoms with Gasteiger partial charge in [0.25, 0.3) is 0 Å². The van der Waals surface area contributed by atoms with Gasteiger partial charge >= 0.3 is 0 Å². The molecule has 25 heavy (non-hydrogen) atoms. The third-order valence-electron chi connectivity index (χ3n) is 5.97. The topological polar surface area (TPSA) is 38.8 Å². The Balaban J connectivity index is 1.39. The summed E-state index contributed by atoms with van der Waals surface area (Å²) >= 11 is 0. The molecule has 1 amide bonds. The minimum atomic E-state index is 0.0745. The van der Waals surface area contributed by atoms with Crippen LogP contribution >= 0.6 is 0 Å². The lowest BCUT2D eigenvalue weighted by atomic mass is 10.0. The van der Waals surface area contributed by atoms with Gasteiger partial charge in [-0.25, -0.2) is 0 Å². The van der Waals surface area contributed by atoms with Crippen molar-refractivity contribution >= 4 is 5.91 Å². The average molecular weight is 343 g/mol. The first kappa shape index (κ1) is 17.0. The highest BCUT2D eigenvalue weighted by molar-refractivity contribution is 5.77. The first-order valence-corrected chi connectivity index (χ1v) is 9.79. The monoisotopic (exact) mass is 343 g/mol. The molecule has 2 aliphatic carbocycles. The Kier molecular flexibility index (Phi) is 5.09. The summed E-state index contributed by atoms with van der Waals surface area (Å²) < 4.78 is 12.2. The second-order valence-electron chi connectivity index (χ2n) is 7.81. The molecule has 1 heterocycles. The zero-order valence-corrected chi connectivity index (χ0v) is 15.2. The van der Waals surface area contributed by atoms with Gasteiger partial charge in [0.05, 0.1) is 18.8 Å². The second kappa shape index (κ2) is 7.46. The third kappa shape index (κ3) is 3.90. The van der Waals surface area contributed by atoms with Gasteiger partial charge in [-0.2, -0.15) is 0 Å². The second-order valence-corrected chi connectivity index (χ2v) is 7.81. The molecular formula is C21H29NO3. The lowest BCUT2D eigenvalue weighted by Gasteiger charge is -2.31. The molecule has 1 aliphatic heterocycles. The van der Waals surface area contributed by atoms with Crippen LogP contribution < -0.4 is 0 Å². The molecule has 0 radical (unpaired) electrons. The number of fused-ring (bicyclic) bond motifs is 2. The van der Waals surface area contributed by atoms with Gasteiger partial charge in [-0.05, 0) is 56.1 Å². The van der Waals surface area contributed by atoms with Gasteiger partial charge in [-0.1, -0.05) is 24.3 Å². The maximum Gasteiger partial charge on any atom is 0.223 e. The predicted molar refractivity (Wildman–Crippen MR) is 96.4 cm³/mol. The Hall–Kier alpha value is -1.39. The van der Waals surface area contributed by atoms with Crippen LogP contribution in [0.1, 0.15) is 43.2 Å². The standard InChI is InChI=1S/C21H29NO3/c1-15-4-2-3-5-17(15)8-11-20(23)22-12-13-24-19-10-9-18(22)21(19)25-14-16-6-7-16/h2-5,16,18-19,21H,6-14H2,1H3/t18-,19-,21+/m0/s1. The van der Waals surface area contributed by atoms with Gasteiger partial charge in [-0.15, -0.1) is 0 Å². The molecule has 2 saturated carbocycles. The lowest BCUT2D eigenvalue weighted by Crippen LogP contribution is -2.46. The largest absolute Gasteiger partial charge is 0.374 e. The van der Waals surface area contributed by atoms with Crippen molar-refractivity contribution in [2.45, 2.75) is 63.7 Å². The zero-order valence-electron chi connectivity index (χ0n) is 15.2. The van der Waals surface area contributed by atoms with Crippen LogP contribution in [0.5, 0.6) is 0 Å².